The Morgan fingerprint density at radius 3 is 2.06 bits per heavy atom. The first-order chi connectivity index (χ1) is 30.6. The lowest BCUT2D eigenvalue weighted by atomic mass is 9.84. The van der Waals surface area contributed by atoms with E-state index in [0.717, 1.165) is 59.7 Å². The number of carbonyl (C=O) groups excluding carboxylic acids is 6. The highest BCUT2D eigenvalue weighted by Crippen LogP contribution is 2.28. The number of hydrogen-bond acceptors (Lipinski definition) is 7. The second-order valence-electron chi connectivity index (χ2n) is 17.1. The number of hydrogen-bond donors (Lipinski definition) is 7. The molecule has 14 nitrogen and oxygen atoms in total. The number of amides is 6. The van der Waals surface area contributed by atoms with Gasteiger partial charge in [0.2, 0.25) is 35.4 Å². The van der Waals surface area contributed by atoms with E-state index in [0.29, 0.717) is 45.2 Å². The van der Waals surface area contributed by atoms with Crippen LogP contribution in [-0.2, 0) is 48.0 Å². The van der Waals surface area contributed by atoms with Crippen molar-refractivity contribution in [3.8, 4) is 0 Å². The van der Waals surface area contributed by atoms with Crippen LogP contribution >= 0.6 is 0 Å². The molecule has 3 aromatic carbocycles. The predicted octanol–water partition coefficient (Wildman–Crippen LogP) is 3.97. The van der Waals surface area contributed by atoms with Crippen molar-refractivity contribution in [3.05, 3.63) is 108 Å². The van der Waals surface area contributed by atoms with Crippen molar-refractivity contribution >= 4 is 46.3 Å². The molecule has 6 amide bonds. The molecule has 1 aliphatic carbocycles. The van der Waals surface area contributed by atoms with Crippen molar-refractivity contribution in [2.75, 3.05) is 19.6 Å². The molecular formula is C49H64N8O6. The topological polar surface area (TPSA) is 208 Å². The molecule has 1 aliphatic heterocycles. The highest BCUT2D eigenvalue weighted by atomic mass is 16.2. The smallest absolute Gasteiger partial charge is 0.245 e. The van der Waals surface area contributed by atoms with Gasteiger partial charge >= 0.3 is 0 Å². The lowest BCUT2D eigenvalue weighted by Gasteiger charge is -2.32. The number of benzene rings is 3. The van der Waals surface area contributed by atoms with Gasteiger partial charge in [-0.15, -0.1) is 0 Å². The average molecular weight is 861 g/mol. The SMILES string of the molecule is CC(=O)N[C@@H](Cc1ccccc1)C(=O)N[C@@H](CCCN)C(=O)N1CCC[C@H]1C(=O)N[C@@H](CC1CCCCC1)C(=O)N[C@@H](Cc1c[nH]c2ccccc12)C(=O)NCCc1ccccc1. The Morgan fingerprint density at radius 1 is 0.698 bits per heavy atom. The number of nitrogens with two attached hydrogens (primary N) is 1. The van der Waals surface area contributed by atoms with Gasteiger partial charge in [0.25, 0.3) is 0 Å². The first-order valence-corrected chi connectivity index (χ1v) is 22.7. The zero-order chi connectivity index (χ0) is 44.6. The number of nitrogens with one attached hydrogen (secondary N) is 6. The Hall–Kier alpha value is -6.02. The van der Waals surface area contributed by atoms with Crippen LogP contribution in [0.3, 0.4) is 0 Å². The molecule has 2 heterocycles. The Bertz CT molecular complexity index is 2140. The van der Waals surface area contributed by atoms with Gasteiger partial charge in [0, 0.05) is 50.0 Å². The van der Waals surface area contributed by atoms with Gasteiger partial charge in [-0.25, -0.2) is 0 Å². The van der Waals surface area contributed by atoms with E-state index in [4.69, 9.17) is 5.73 Å². The molecule has 8 N–H and O–H groups in total. The molecule has 14 heteroatoms. The third-order valence-corrected chi connectivity index (χ3v) is 12.3. The standard InChI is InChI=1S/C49H64N8O6/c1-33(58)53-41(29-35-17-7-3-8-18-35)46(60)54-40(23-13-26-50)49(63)57-28-14-24-44(57)48(62)56-42(30-36-19-9-4-10-20-36)47(61)55-43(31-37-32-52-39-22-12-11-21-38(37)39)45(59)51-27-25-34-15-5-2-6-16-34/h2-3,5-8,11-12,15-18,21-22,32,36,40-44,52H,4,9-10,13-14,19-20,23-31,50H2,1H3,(H,51,59)(H,53,58)(H,54,60)(H,55,61)(H,56,62)/t40-,41-,42-,43-,44-/m0/s1. The molecule has 63 heavy (non-hydrogen) atoms. The third-order valence-electron chi connectivity index (χ3n) is 12.3. The molecule has 336 valence electrons. The molecular weight excluding hydrogens is 797 g/mol. The van der Waals surface area contributed by atoms with Crippen LogP contribution in [0.4, 0.5) is 0 Å². The summed E-state index contributed by atoms with van der Waals surface area (Å²) < 4.78 is 0. The summed E-state index contributed by atoms with van der Waals surface area (Å²) in [7, 11) is 0. The largest absolute Gasteiger partial charge is 0.361 e. The van der Waals surface area contributed by atoms with Crippen LogP contribution in [0, 0.1) is 5.92 Å². The molecule has 2 fully saturated rings. The van der Waals surface area contributed by atoms with Crippen LogP contribution in [-0.4, -0.2) is 95.2 Å². The quantitative estimate of drug-likeness (QED) is 0.0656. The zero-order valence-corrected chi connectivity index (χ0v) is 36.4. The third kappa shape index (κ3) is 13.5. The minimum absolute atomic E-state index is 0.200. The highest BCUT2D eigenvalue weighted by Gasteiger charge is 2.40. The molecule has 6 rings (SSSR count). The minimum Gasteiger partial charge on any atom is -0.361 e. The molecule has 0 radical (unpaired) electrons. The Labute approximate surface area is 370 Å². The number of para-hydroxylation sites is 1. The molecule has 0 bridgehead atoms. The van der Waals surface area contributed by atoms with Crippen LogP contribution in [0.1, 0.15) is 87.8 Å². The summed E-state index contributed by atoms with van der Waals surface area (Å²) in [6, 6.07) is 22.3. The monoisotopic (exact) mass is 860 g/mol. The van der Waals surface area contributed by atoms with Gasteiger partial charge in [-0.05, 0) is 73.7 Å². The fraction of sp³-hybridized carbons (Fsp3) is 0.469. The molecule has 2 aliphatic rings. The van der Waals surface area contributed by atoms with E-state index in [1.807, 2.05) is 91.1 Å². The van der Waals surface area contributed by atoms with Crippen LogP contribution in [0.15, 0.2) is 91.1 Å². The summed E-state index contributed by atoms with van der Waals surface area (Å²) >= 11 is 0. The molecule has 1 saturated carbocycles. The van der Waals surface area contributed by atoms with Crippen LogP contribution < -0.4 is 32.3 Å². The van der Waals surface area contributed by atoms with E-state index in [-0.39, 0.29) is 43.5 Å². The first-order valence-electron chi connectivity index (χ1n) is 22.7. The fourth-order valence-corrected chi connectivity index (χ4v) is 9.01. The highest BCUT2D eigenvalue weighted by molar-refractivity contribution is 5.97. The Balaban J connectivity index is 1.18. The molecule has 5 atom stereocenters. The molecule has 0 spiro atoms. The Kier molecular flexibility index (Phi) is 17.3. The van der Waals surface area contributed by atoms with Crippen molar-refractivity contribution in [1.82, 2.24) is 36.5 Å². The summed E-state index contributed by atoms with van der Waals surface area (Å²) in [4.78, 5) is 87.9. The van der Waals surface area contributed by atoms with Crippen molar-refractivity contribution in [2.45, 2.75) is 121 Å². The number of rotatable bonds is 21. The summed E-state index contributed by atoms with van der Waals surface area (Å²) in [5.74, 6) is -2.35. The number of likely N-dealkylation sites (tertiary alicyclic amines) is 1. The van der Waals surface area contributed by atoms with Gasteiger partial charge < -0.3 is 42.2 Å². The number of fused-ring (bicyclic) bond motifs is 1. The summed E-state index contributed by atoms with van der Waals surface area (Å²) in [5.41, 5.74) is 9.58. The first kappa shape index (κ1) is 46.5. The molecule has 1 saturated heterocycles. The van der Waals surface area contributed by atoms with Crippen molar-refractivity contribution in [3.63, 3.8) is 0 Å². The number of H-pyrrole nitrogens is 1. The molecule has 1 aromatic heterocycles. The van der Waals surface area contributed by atoms with Crippen molar-refractivity contribution in [1.29, 1.82) is 0 Å². The lowest BCUT2D eigenvalue weighted by Crippen LogP contribution is -2.59. The van der Waals surface area contributed by atoms with E-state index in [1.165, 1.54) is 11.8 Å². The maximum Gasteiger partial charge on any atom is 0.245 e. The second-order valence-corrected chi connectivity index (χ2v) is 17.1. The number of carbonyl (C=O) groups is 6. The Morgan fingerprint density at radius 2 is 1.35 bits per heavy atom. The predicted molar refractivity (Wildman–Crippen MR) is 243 cm³/mol. The normalized spacial score (nSPS) is 17.2. The van der Waals surface area contributed by atoms with E-state index < -0.39 is 53.8 Å². The number of aromatic nitrogens is 1. The summed E-state index contributed by atoms with van der Waals surface area (Å²) in [6.45, 7) is 2.29. The zero-order valence-electron chi connectivity index (χ0n) is 36.4. The van der Waals surface area contributed by atoms with Crippen molar-refractivity contribution < 1.29 is 28.8 Å². The van der Waals surface area contributed by atoms with Crippen LogP contribution in [0.2, 0.25) is 0 Å². The minimum atomic E-state index is -0.992. The maximum atomic E-state index is 14.5. The van der Waals surface area contributed by atoms with E-state index in [2.05, 4.69) is 31.6 Å². The van der Waals surface area contributed by atoms with Crippen LogP contribution in [0.5, 0.6) is 0 Å². The van der Waals surface area contributed by atoms with Gasteiger partial charge in [0.05, 0.1) is 0 Å². The average Bonchev–Trinajstić information content (AvgIpc) is 3.96. The summed E-state index contributed by atoms with van der Waals surface area (Å²) in [5, 5.41) is 15.7. The van der Waals surface area contributed by atoms with Gasteiger partial charge in [-0.3, -0.25) is 28.8 Å². The number of nitrogens with zero attached hydrogens (tertiary/aromatic N) is 1. The van der Waals surface area contributed by atoms with Gasteiger partial charge in [-0.2, -0.15) is 0 Å². The van der Waals surface area contributed by atoms with E-state index in [1.54, 1.807) is 0 Å². The van der Waals surface area contributed by atoms with Gasteiger partial charge in [0.1, 0.15) is 30.2 Å². The number of aromatic amines is 1. The molecule has 0 unspecified atom stereocenters. The lowest BCUT2D eigenvalue weighted by molar-refractivity contribution is -0.142. The van der Waals surface area contributed by atoms with Gasteiger partial charge in [-0.1, -0.05) is 111 Å². The van der Waals surface area contributed by atoms with E-state index in [9.17, 15) is 28.8 Å². The van der Waals surface area contributed by atoms with E-state index >= 15 is 0 Å². The second kappa shape index (κ2) is 23.4. The summed E-state index contributed by atoms with van der Waals surface area (Å²) in [6.07, 6.45) is 9.99. The van der Waals surface area contributed by atoms with Crippen LogP contribution in [0.25, 0.3) is 10.9 Å². The maximum absolute atomic E-state index is 14.5. The van der Waals surface area contributed by atoms with Gasteiger partial charge in [0.15, 0.2) is 0 Å². The molecule has 4 aromatic rings. The fourth-order valence-electron chi connectivity index (χ4n) is 9.01. The van der Waals surface area contributed by atoms with Crippen molar-refractivity contribution in [2.24, 2.45) is 11.7 Å².